The number of carbonyl (C=O) groups is 2. The lowest BCUT2D eigenvalue weighted by atomic mass is 10.1. The predicted molar refractivity (Wildman–Crippen MR) is 120 cm³/mol. The average Bonchev–Trinajstić information content (AvgIpc) is 3.33. The van der Waals surface area contributed by atoms with E-state index in [0.29, 0.717) is 17.2 Å². The number of nitrogens with zero attached hydrogens (tertiary/aromatic N) is 5. The van der Waals surface area contributed by atoms with E-state index in [0.717, 1.165) is 11.3 Å². The third-order valence-corrected chi connectivity index (χ3v) is 5.79. The van der Waals surface area contributed by atoms with E-state index in [-0.39, 0.29) is 18.3 Å². The maximum atomic E-state index is 13.6. The van der Waals surface area contributed by atoms with Crippen LogP contribution >= 0.6 is 0 Å². The highest BCUT2D eigenvalue weighted by atomic mass is 19.1. The predicted octanol–water partition coefficient (Wildman–Crippen LogP) is 3.48. The molecule has 0 aliphatic carbocycles. The van der Waals surface area contributed by atoms with Gasteiger partial charge in [0.2, 0.25) is 5.96 Å². The Kier molecular flexibility index (Phi) is 4.58. The van der Waals surface area contributed by atoms with Crippen molar-refractivity contribution in [3.8, 4) is 0 Å². The van der Waals surface area contributed by atoms with E-state index >= 15 is 0 Å². The first-order valence-electron chi connectivity index (χ1n) is 10.3. The number of halogens is 1. The van der Waals surface area contributed by atoms with Crippen LogP contribution < -0.4 is 4.90 Å². The van der Waals surface area contributed by atoms with Crippen LogP contribution in [0, 0.1) is 5.82 Å². The largest absolute Gasteiger partial charge is 0.328 e. The van der Waals surface area contributed by atoms with Gasteiger partial charge in [-0.25, -0.2) is 14.2 Å². The molecular formula is C24H22FN5O2. The zero-order valence-corrected chi connectivity index (χ0v) is 17.8. The number of benzene rings is 2. The Morgan fingerprint density at radius 1 is 1.09 bits per heavy atom. The Morgan fingerprint density at radius 3 is 2.44 bits per heavy atom. The lowest BCUT2D eigenvalue weighted by molar-refractivity contribution is -0.136. The summed E-state index contributed by atoms with van der Waals surface area (Å²) in [5, 5.41) is 0. The van der Waals surface area contributed by atoms with Gasteiger partial charge in [0.05, 0.1) is 12.2 Å². The lowest BCUT2D eigenvalue weighted by Gasteiger charge is -2.40. The van der Waals surface area contributed by atoms with Gasteiger partial charge in [0.25, 0.3) is 5.91 Å². The summed E-state index contributed by atoms with van der Waals surface area (Å²) in [7, 11) is 1.65. The fourth-order valence-electron chi connectivity index (χ4n) is 4.31. The molecule has 0 aromatic heterocycles. The molecule has 7 nitrogen and oxygen atoms in total. The summed E-state index contributed by atoms with van der Waals surface area (Å²) in [5.41, 5.74) is 3.17. The third kappa shape index (κ3) is 2.98. The number of rotatable bonds is 4. The summed E-state index contributed by atoms with van der Waals surface area (Å²) < 4.78 is 13.6. The normalized spacial score (nSPS) is 22.1. The number of amides is 3. The minimum absolute atomic E-state index is 0.158. The molecule has 2 unspecified atom stereocenters. The average molecular weight is 431 g/mol. The Hall–Kier alpha value is -3.94. The number of likely N-dealkylation sites (N-methyl/N-ethyl adjacent to an activating group) is 1. The first-order chi connectivity index (χ1) is 15.4. The van der Waals surface area contributed by atoms with E-state index in [1.54, 1.807) is 26.1 Å². The van der Waals surface area contributed by atoms with Gasteiger partial charge >= 0.3 is 6.03 Å². The first kappa shape index (κ1) is 20.0. The summed E-state index contributed by atoms with van der Waals surface area (Å²) in [4.78, 5) is 37.4. The fraction of sp³-hybridized carbons (Fsp3) is 0.208. The van der Waals surface area contributed by atoms with Gasteiger partial charge in [-0.3, -0.25) is 19.5 Å². The van der Waals surface area contributed by atoms with Crippen LogP contribution in [-0.4, -0.2) is 58.4 Å². The smallest absolute Gasteiger partial charge is 0.302 e. The highest BCUT2D eigenvalue weighted by Crippen LogP contribution is 2.40. The van der Waals surface area contributed by atoms with Gasteiger partial charge in [-0.05, 0) is 31.2 Å². The van der Waals surface area contributed by atoms with Gasteiger partial charge in [-0.15, -0.1) is 0 Å². The van der Waals surface area contributed by atoms with E-state index in [2.05, 4.69) is 6.58 Å². The molecule has 2 aromatic carbocycles. The summed E-state index contributed by atoms with van der Waals surface area (Å²) in [6.07, 6.45) is 1.23. The van der Waals surface area contributed by atoms with Gasteiger partial charge in [-0.1, -0.05) is 42.5 Å². The number of guanidine groups is 1. The number of fused-ring (bicyclic) bond motifs is 3. The molecule has 2 atom stereocenters. The highest BCUT2D eigenvalue weighted by molar-refractivity contribution is 6.16. The van der Waals surface area contributed by atoms with Crippen molar-refractivity contribution in [3.63, 3.8) is 0 Å². The van der Waals surface area contributed by atoms with Crippen LogP contribution in [0.4, 0.5) is 14.9 Å². The molecule has 32 heavy (non-hydrogen) atoms. The third-order valence-electron chi connectivity index (χ3n) is 5.79. The quantitative estimate of drug-likeness (QED) is 0.696. The molecule has 8 heteroatoms. The monoisotopic (exact) mass is 431 g/mol. The number of hydrogen-bond donors (Lipinski definition) is 0. The van der Waals surface area contributed by atoms with Crippen molar-refractivity contribution in [1.82, 2.24) is 14.7 Å². The molecular weight excluding hydrogens is 409 g/mol. The van der Waals surface area contributed by atoms with Crippen molar-refractivity contribution in [2.75, 3.05) is 18.5 Å². The van der Waals surface area contributed by atoms with Crippen molar-refractivity contribution in [2.24, 2.45) is 4.99 Å². The van der Waals surface area contributed by atoms with E-state index < -0.39 is 18.2 Å². The molecule has 3 amide bonds. The second-order valence-corrected chi connectivity index (χ2v) is 8.16. The van der Waals surface area contributed by atoms with Gasteiger partial charge in [0.1, 0.15) is 5.82 Å². The molecule has 0 radical (unpaired) electrons. The molecule has 5 rings (SSSR count). The standard InChI is InChI=1S/C24H22FN5O2/c1-15(2)13-29-22(31)20-21(27(3)24(29)32)26-23-28(20)14-19(16-7-5-4-6-8-16)30(23)18-11-9-17(25)10-12-18/h4-12,14,20-21H,1,13H2,2-3H3. The molecule has 0 saturated carbocycles. The molecule has 0 N–H and O–H groups in total. The molecule has 3 aliphatic rings. The van der Waals surface area contributed by atoms with Crippen molar-refractivity contribution < 1.29 is 14.0 Å². The number of carbonyl (C=O) groups excluding carboxylic acids is 2. The van der Waals surface area contributed by atoms with Crippen LogP contribution in [0.15, 0.2) is 77.9 Å². The first-order valence-corrected chi connectivity index (χ1v) is 10.3. The summed E-state index contributed by atoms with van der Waals surface area (Å²) in [6.45, 7) is 5.79. The molecule has 2 aromatic rings. The molecule has 1 fully saturated rings. The summed E-state index contributed by atoms with van der Waals surface area (Å²) >= 11 is 0. The maximum Gasteiger partial charge on any atom is 0.328 e. The van der Waals surface area contributed by atoms with Gasteiger partial charge in [-0.2, -0.15) is 0 Å². The van der Waals surface area contributed by atoms with Crippen LogP contribution in [0.5, 0.6) is 0 Å². The van der Waals surface area contributed by atoms with Gasteiger partial charge in [0.15, 0.2) is 12.2 Å². The zero-order valence-electron chi connectivity index (χ0n) is 17.8. The minimum atomic E-state index is -0.684. The Labute approximate surface area is 185 Å². The zero-order chi connectivity index (χ0) is 22.6. The highest BCUT2D eigenvalue weighted by Gasteiger charge is 2.54. The van der Waals surface area contributed by atoms with Gasteiger partial charge < -0.3 is 4.90 Å². The fourth-order valence-corrected chi connectivity index (χ4v) is 4.31. The van der Waals surface area contributed by atoms with E-state index in [1.165, 1.54) is 21.9 Å². The molecule has 0 spiro atoms. The lowest BCUT2D eigenvalue weighted by Crippen LogP contribution is -2.64. The van der Waals surface area contributed by atoms with Crippen LogP contribution in [0.2, 0.25) is 0 Å². The van der Waals surface area contributed by atoms with E-state index in [9.17, 15) is 14.0 Å². The van der Waals surface area contributed by atoms with Crippen molar-refractivity contribution in [1.29, 1.82) is 0 Å². The number of hydrogen-bond acceptors (Lipinski definition) is 5. The minimum Gasteiger partial charge on any atom is -0.302 e. The second kappa shape index (κ2) is 7.33. The summed E-state index contributed by atoms with van der Waals surface area (Å²) in [6, 6.07) is 14.8. The maximum absolute atomic E-state index is 13.6. The topological polar surface area (TPSA) is 59.5 Å². The molecule has 0 bridgehead atoms. The molecule has 3 heterocycles. The number of aliphatic imine (C=N–C) groups is 1. The molecule has 1 saturated heterocycles. The Morgan fingerprint density at radius 2 is 1.78 bits per heavy atom. The molecule has 162 valence electrons. The van der Waals surface area contributed by atoms with E-state index in [1.807, 2.05) is 46.3 Å². The number of anilines is 1. The Bertz CT molecular complexity index is 1170. The Balaban J connectivity index is 1.61. The molecule has 3 aliphatic heterocycles. The number of urea groups is 1. The van der Waals surface area contributed by atoms with Crippen LogP contribution in [0.25, 0.3) is 5.70 Å². The van der Waals surface area contributed by atoms with Crippen molar-refractivity contribution in [2.45, 2.75) is 19.1 Å². The van der Waals surface area contributed by atoms with Crippen LogP contribution in [0.1, 0.15) is 12.5 Å². The second-order valence-electron chi connectivity index (χ2n) is 8.16. The number of imide groups is 1. The van der Waals surface area contributed by atoms with E-state index in [4.69, 9.17) is 4.99 Å². The summed E-state index contributed by atoms with van der Waals surface area (Å²) in [5.74, 6) is -0.131. The van der Waals surface area contributed by atoms with Crippen LogP contribution in [0.3, 0.4) is 0 Å². The SMILES string of the molecule is C=C(C)CN1C(=O)C2C(N=C3N(c4ccc(F)cc4)C(c4ccccc4)=CN32)N(C)C1=O. The van der Waals surface area contributed by atoms with Crippen molar-refractivity contribution in [3.05, 3.63) is 84.3 Å². The van der Waals surface area contributed by atoms with Crippen LogP contribution in [-0.2, 0) is 4.79 Å². The van der Waals surface area contributed by atoms with Crippen molar-refractivity contribution >= 4 is 29.3 Å². The van der Waals surface area contributed by atoms with Gasteiger partial charge in [0, 0.05) is 24.5 Å².